The molecule has 2 aliphatic rings. The van der Waals surface area contributed by atoms with E-state index in [0.29, 0.717) is 11.5 Å². The second-order valence-corrected chi connectivity index (χ2v) is 7.18. The molecule has 1 aliphatic carbocycles. The average molecular weight is 252 g/mol. The highest BCUT2D eigenvalue weighted by Crippen LogP contribution is 2.40. The topological polar surface area (TPSA) is 15.3 Å². The highest BCUT2D eigenvalue weighted by molar-refractivity contribution is 4.93. The van der Waals surface area contributed by atoms with Crippen molar-refractivity contribution < 1.29 is 0 Å². The van der Waals surface area contributed by atoms with Crippen LogP contribution in [0.4, 0.5) is 0 Å². The van der Waals surface area contributed by atoms with Crippen molar-refractivity contribution in [2.45, 2.75) is 84.3 Å². The van der Waals surface area contributed by atoms with Crippen molar-refractivity contribution in [1.29, 1.82) is 0 Å². The van der Waals surface area contributed by atoms with Crippen molar-refractivity contribution >= 4 is 0 Å². The molecule has 1 heterocycles. The van der Waals surface area contributed by atoms with Crippen LogP contribution in [0.25, 0.3) is 0 Å². The van der Waals surface area contributed by atoms with Crippen LogP contribution in [0.1, 0.15) is 66.2 Å². The van der Waals surface area contributed by atoms with Gasteiger partial charge in [0.1, 0.15) is 0 Å². The zero-order chi connectivity index (χ0) is 13.2. The predicted molar refractivity (Wildman–Crippen MR) is 78.9 cm³/mol. The van der Waals surface area contributed by atoms with E-state index in [9.17, 15) is 0 Å². The standard InChI is InChI=1S/C16H32N2/c1-5-14-9-12-18(11-8-13(2)17-14)15-7-6-10-16(15,3)4/h13-15,17H,5-12H2,1-4H3. The molecule has 1 N–H and O–H groups in total. The lowest BCUT2D eigenvalue weighted by Gasteiger charge is -2.40. The molecule has 2 fully saturated rings. The van der Waals surface area contributed by atoms with E-state index < -0.39 is 0 Å². The quantitative estimate of drug-likeness (QED) is 0.810. The largest absolute Gasteiger partial charge is 0.311 e. The molecular formula is C16H32N2. The fourth-order valence-electron chi connectivity index (χ4n) is 3.98. The maximum Gasteiger partial charge on any atom is 0.0146 e. The lowest BCUT2D eigenvalue weighted by atomic mass is 9.85. The molecule has 18 heavy (non-hydrogen) atoms. The van der Waals surface area contributed by atoms with Crippen molar-refractivity contribution in [3.05, 3.63) is 0 Å². The van der Waals surface area contributed by atoms with Crippen LogP contribution < -0.4 is 5.32 Å². The van der Waals surface area contributed by atoms with Gasteiger partial charge in [0, 0.05) is 18.1 Å². The molecule has 0 aromatic carbocycles. The molecule has 2 rings (SSSR count). The Balaban J connectivity index is 1.99. The molecular weight excluding hydrogens is 220 g/mol. The van der Waals surface area contributed by atoms with Crippen molar-refractivity contribution in [3.63, 3.8) is 0 Å². The van der Waals surface area contributed by atoms with E-state index in [1.165, 1.54) is 51.6 Å². The van der Waals surface area contributed by atoms with Gasteiger partial charge in [-0.2, -0.15) is 0 Å². The first-order valence-corrected chi connectivity index (χ1v) is 8.03. The van der Waals surface area contributed by atoms with Crippen molar-refractivity contribution in [2.75, 3.05) is 13.1 Å². The minimum absolute atomic E-state index is 0.539. The summed E-state index contributed by atoms with van der Waals surface area (Å²) in [5, 5.41) is 3.77. The van der Waals surface area contributed by atoms with E-state index in [1.807, 2.05) is 0 Å². The van der Waals surface area contributed by atoms with Crippen LogP contribution in [0.3, 0.4) is 0 Å². The molecule has 1 saturated carbocycles. The van der Waals surface area contributed by atoms with Gasteiger partial charge < -0.3 is 5.32 Å². The molecule has 2 nitrogen and oxygen atoms in total. The van der Waals surface area contributed by atoms with E-state index in [4.69, 9.17) is 0 Å². The van der Waals surface area contributed by atoms with Gasteiger partial charge in [0.05, 0.1) is 0 Å². The summed E-state index contributed by atoms with van der Waals surface area (Å²) < 4.78 is 0. The van der Waals surface area contributed by atoms with Crippen molar-refractivity contribution in [1.82, 2.24) is 10.2 Å². The number of hydrogen-bond donors (Lipinski definition) is 1. The van der Waals surface area contributed by atoms with Crippen LogP contribution in [0.5, 0.6) is 0 Å². The monoisotopic (exact) mass is 252 g/mol. The van der Waals surface area contributed by atoms with Crippen molar-refractivity contribution in [3.8, 4) is 0 Å². The van der Waals surface area contributed by atoms with Crippen molar-refractivity contribution in [2.24, 2.45) is 5.41 Å². The Morgan fingerprint density at radius 1 is 1.17 bits per heavy atom. The second-order valence-electron chi connectivity index (χ2n) is 7.18. The summed E-state index contributed by atoms with van der Waals surface area (Å²) in [4.78, 5) is 2.81. The predicted octanol–water partition coefficient (Wildman–Crippen LogP) is 3.42. The Morgan fingerprint density at radius 3 is 2.50 bits per heavy atom. The van der Waals surface area contributed by atoms with E-state index in [1.54, 1.807) is 0 Å². The summed E-state index contributed by atoms with van der Waals surface area (Å²) in [5.41, 5.74) is 0.539. The van der Waals surface area contributed by atoms with Gasteiger partial charge in [-0.15, -0.1) is 0 Å². The normalized spacial score (nSPS) is 38.3. The van der Waals surface area contributed by atoms with Gasteiger partial charge in [0.2, 0.25) is 0 Å². The van der Waals surface area contributed by atoms with Gasteiger partial charge in [0.25, 0.3) is 0 Å². The van der Waals surface area contributed by atoms with E-state index >= 15 is 0 Å². The van der Waals surface area contributed by atoms with E-state index in [-0.39, 0.29) is 0 Å². The van der Waals surface area contributed by atoms with Gasteiger partial charge in [0.15, 0.2) is 0 Å². The Morgan fingerprint density at radius 2 is 1.89 bits per heavy atom. The Labute approximate surface area is 114 Å². The summed E-state index contributed by atoms with van der Waals surface area (Å²) >= 11 is 0. The zero-order valence-corrected chi connectivity index (χ0v) is 12.8. The SMILES string of the molecule is CCC1CCN(C2CCCC2(C)C)CCC(C)N1. The van der Waals surface area contributed by atoms with E-state index in [0.717, 1.165) is 12.1 Å². The van der Waals surface area contributed by atoms with Gasteiger partial charge in [-0.25, -0.2) is 0 Å². The first kappa shape index (κ1) is 14.3. The summed E-state index contributed by atoms with van der Waals surface area (Å²) in [6.45, 7) is 12.2. The first-order valence-electron chi connectivity index (χ1n) is 8.03. The molecule has 106 valence electrons. The Bertz CT molecular complexity index is 262. The molecule has 0 spiro atoms. The molecule has 3 atom stereocenters. The number of rotatable bonds is 2. The molecule has 0 radical (unpaired) electrons. The van der Waals surface area contributed by atoms with Crippen LogP contribution in [0, 0.1) is 5.41 Å². The zero-order valence-electron chi connectivity index (χ0n) is 12.8. The lowest BCUT2D eigenvalue weighted by molar-refractivity contribution is 0.0934. The molecule has 0 bridgehead atoms. The van der Waals surface area contributed by atoms with Crippen LogP contribution in [0.2, 0.25) is 0 Å². The summed E-state index contributed by atoms with van der Waals surface area (Å²) in [7, 11) is 0. The van der Waals surface area contributed by atoms with Crippen LogP contribution in [-0.2, 0) is 0 Å². The molecule has 0 aromatic rings. The Hall–Kier alpha value is -0.0800. The van der Waals surface area contributed by atoms with E-state index in [2.05, 4.69) is 37.9 Å². The first-order chi connectivity index (χ1) is 8.53. The highest BCUT2D eigenvalue weighted by Gasteiger charge is 2.38. The molecule has 1 saturated heterocycles. The van der Waals surface area contributed by atoms with Crippen LogP contribution in [0.15, 0.2) is 0 Å². The maximum absolute atomic E-state index is 3.77. The summed E-state index contributed by atoms with van der Waals surface area (Å²) in [6.07, 6.45) is 8.17. The van der Waals surface area contributed by atoms with Crippen LogP contribution >= 0.6 is 0 Å². The number of nitrogens with zero attached hydrogens (tertiary/aromatic N) is 1. The fraction of sp³-hybridized carbons (Fsp3) is 1.00. The summed E-state index contributed by atoms with van der Waals surface area (Å²) in [5.74, 6) is 0. The molecule has 0 amide bonds. The average Bonchev–Trinajstić information content (AvgIpc) is 2.64. The second kappa shape index (κ2) is 5.92. The molecule has 3 unspecified atom stereocenters. The molecule has 2 heteroatoms. The third-order valence-electron chi connectivity index (χ3n) is 5.27. The molecule has 1 aliphatic heterocycles. The van der Waals surface area contributed by atoms with Gasteiger partial charge in [-0.3, -0.25) is 4.90 Å². The van der Waals surface area contributed by atoms with Gasteiger partial charge in [-0.1, -0.05) is 27.2 Å². The number of nitrogens with one attached hydrogen (secondary N) is 1. The maximum atomic E-state index is 3.77. The third-order valence-corrected chi connectivity index (χ3v) is 5.27. The highest BCUT2D eigenvalue weighted by atomic mass is 15.2. The van der Waals surface area contributed by atoms with Gasteiger partial charge >= 0.3 is 0 Å². The minimum Gasteiger partial charge on any atom is -0.311 e. The smallest absolute Gasteiger partial charge is 0.0146 e. The van der Waals surface area contributed by atoms with Gasteiger partial charge in [-0.05, 0) is 57.5 Å². The lowest BCUT2D eigenvalue weighted by Crippen LogP contribution is -2.49. The molecule has 0 aromatic heterocycles. The third kappa shape index (κ3) is 3.27. The number of hydrogen-bond acceptors (Lipinski definition) is 2. The van der Waals surface area contributed by atoms with Crippen LogP contribution in [-0.4, -0.2) is 36.1 Å². The minimum atomic E-state index is 0.539. The fourth-order valence-corrected chi connectivity index (χ4v) is 3.98. The Kier molecular flexibility index (Phi) is 4.71. The summed E-state index contributed by atoms with van der Waals surface area (Å²) in [6, 6.07) is 2.25.